The number of hydrogen-bond acceptors (Lipinski definition) is 4. The molecule has 0 aliphatic carbocycles. The number of amides is 1. The Morgan fingerprint density at radius 1 is 0.941 bits per heavy atom. The highest BCUT2D eigenvalue weighted by Gasteiger charge is 2.38. The van der Waals surface area contributed by atoms with Crippen LogP contribution >= 0.6 is 0 Å². The first-order chi connectivity index (χ1) is 16.3. The van der Waals surface area contributed by atoms with Crippen LogP contribution in [0.1, 0.15) is 23.9 Å². The molecular formula is C27H25FN2O4. The number of anilines is 1. The van der Waals surface area contributed by atoms with Crippen molar-refractivity contribution in [2.45, 2.75) is 20.8 Å². The number of esters is 1. The summed E-state index contributed by atoms with van der Waals surface area (Å²) >= 11 is 0. The minimum absolute atomic E-state index is 0.186. The molecule has 0 saturated heterocycles. The molecule has 4 rings (SSSR count). The molecule has 0 unspecified atom stereocenters. The maximum Gasteiger partial charge on any atom is 0.340 e. The number of carbonyl (C=O) groups excluding carboxylic acids is 2. The molecular weight excluding hydrogens is 435 g/mol. The molecule has 1 aliphatic rings. The fraction of sp³-hybridized carbons (Fsp3) is 0.185. The molecule has 3 aromatic rings. The minimum atomic E-state index is -0.606. The third-order valence-electron chi connectivity index (χ3n) is 5.98. The van der Waals surface area contributed by atoms with Gasteiger partial charge < -0.3 is 14.0 Å². The second kappa shape index (κ2) is 9.02. The first-order valence-corrected chi connectivity index (χ1v) is 10.7. The molecule has 2 heterocycles. The average Bonchev–Trinajstić information content (AvgIpc) is 3.25. The lowest BCUT2D eigenvalue weighted by atomic mass is 10.0. The van der Waals surface area contributed by atoms with E-state index in [2.05, 4.69) is 4.57 Å². The Kier molecular flexibility index (Phi) is 6.11. The van der Waals surface area contributed by atoms with E-state index in [1.54, 1.807) is 20.1 Å². The van der Waals surface area contributed by atoms with Gasteiger partial charge in [0.05, 0.1) is 25.4 Å². The highest BCUT2D eigenvalue weighted by Crippen LogP contribution is 2.36. The molecule has 1 aromatic heterocycles. The van der Waals surface area contributed by atoms with Crippen LogP contribution in [0, 0.1) is 19.7 Å². The molecule has 0 atom stereocenters. The van der Waals surface area contributed by atoms with Crippen molar-refractivity contribution in [3.63, 3.8) is 0 Å². The molecule has 174 valence electrons. The van der Waals surface area contributed by atoms with Gasteiger partial charge in [0.25, 0.3) is 5.91 Å². The lowest BCUT2D eigenvalue weighted by molar-refractivity contribution is -0.136. The highest BCUT2D eigenvalue weighted by atomic mass is 19.1. The first-order valence-electron chi connectivity index (χ1n) is 10.7. The summed E-state index contributed by atoms with van der Waals surface area (Å²) in [4.78, 5) is 27.5. The van der Waals surface area contributed by atoms with E-state index in [0.717, 1.165) is 28.4 Å². The van der Waals surface area contributed by atoms with Gasteiger partial charge in [0.1, 0.15) is 11.6 Å². The van der Waals surface area contributed by atoms with Crippen LogP contribution in [-0.2, 0) is 14.3 Å². The third-order valence-corrected chi connectivity index (χ3v) is 5.98. The van der Waals surface area contributed by atoms with Gasteiger partial charge in [-0.1, -0.05) is 0 Å². The van der Waals surface area contributed by atoms with E-state index in [1.807, 2.05) is 44.2 Å². The van der Waals surface area contributed by atoms with E-state index in [4.69, 9.17) is 9.47 Å². The van der Waals surface area contributed by atoms with Crippen molar-refractivity contribution < 1.29 is 23.5 Å². The molecule has 0 saturated carbocycles. The number of benzene rings is 2. The molecule has 1 amide bonds. The molecule has 0 spiro atoms. The topological polar surface area (TPSA) is 60.8 Å². The van der Waals surface area contributed by atoms with Gasteiger partial charge in [-0.15, -0.1) is 0 Å². The van der Waals surface area contributed by atoms with Crippen LogP contribution in [0.2, 0.25) is 0 Å². The van der Waals surface area contributed by atoms with Crippen molar-refractivity contribution in [2.75, 3.05) is 19.1 Å². The Hall–Kier alpha value is -4.13. The van der Waals surface area contributed by atoms with E-state index in [-0.39, 0.29) is 17.1 Å². The van der Waals surface area contributed by atoms with Gasteiger partial charge in [0.15, 0.2) is 0 Å². The molecule has 0 radical (unpaired) electrons. The lowest BCUT2D eigenvalue weighted by Crippen LogP contribution is -2.24. The first kappa shape index (κ1) is 23.0. The largest absolute Gasteiger partial charge is 0.497 e. The minimum Gasteiger partial charge on any atom is -0.497 e. The smallest absolute Gasteiger partial charge is 0.340 e. The number of hydrogen-bond donors (Lipinski definition) is 0. The van der Waals surface area contributed by atoms with Crippen LogP contribution in [0.3, 0.4) is 0 Å². The number of ether oxygens (including phenoxy) is 2. The normalized spacial score (nSPS) is 14.8. The van der Waals surface area contributed by atoms with Gasteiger partial charge in [-0.3, -0.25) is 9.69 Å². The molecule has 6 nitrogen and oxygen atoms in total. The van der Waals surface area contributed by atoms with Gasteiger partial charge in [-0.05, 0) is 87.0 Å². The Bertz CT molecular complexity index is 1330. The number of aromatic nitrogens is 1. The van der Waals surface area contributed by atoms with Crippen LogP contribution in [0.4, 0.5) is 10.1 Å². The summed E-state index contributed by atoms with van der Waals surface area (Å²) < 4.78 is 25.7. The summed E-state index contributed by atoms with van der Waals surface area (Å²) in [5.74, 6) is -0.634. The number of carbonyl (C=O) groups is 2. The summed E-state index contributed by atoms with van der Waals surface area (Å²) in [5.41, 5.74) is 4.93. The number of nitrogens with zero attached hydrogens (tertiary/aromatic N) is 2. The van der Waals surface area contributed by atoms with Gasteiger partial charge in [-0.2, -0.15) is 0 Å². The summed E-state index contributed by atoms with van der Waals surface area (Å²) in [6.45, 7) is 5.60. The summed E-state index contributed by atoms with van der Waals surface area (Å²) in [5, 5.41) is 0. The lowest BCUT2D eigenvalue weighted by Gasteiger charge is -2.17. The van der Waals surface area contributed by atoms with Gasteiger partial charge in [-0.25, -0.2) is 9.18 Å². The number of halogens is 1. The standard InChI is InChI=1S/C27H25FN2O4/c1-16-14-19(17(2)29(16)21-10-12-23(33-4)13-11-21)15-24-25(27(32)34-5)18(3)30(26(24)31)22-8-6-20(28)7-9-22/h6-15H,1-5H3/b24-15+. The van der Waals surface area contributed by atoms with E-state index < -0.39 is 11.8 Å². The van der Waals surface area contributed by atoms with Crippen LogP contribution < -0.4 is 9.64 Å². The van der Waals surface area contributed by atoms with Crippen molar-refractivity contribution in [3.05, 3.63) is 94.2 Å². The quantitative estimate of drug-likeness (QED) is 0.392. The summed E-state index contributed by atoms with van der Waals surface area (Å²) in [7, 11) is 2.90. The molecule has 1 aliphatic heterocycles. The average molecular weight is 461 g/mol. The molecule has 0 fully saturated rings. The number of methoxy groups -OCH3 is 2. The number of allylic oxidation sites excluding steroid dienone is 1. The monoisotopic (exact) mass is 460 g/mol. The fourth-order valence-electron chi connectivity index (χ4n) is 4.30. The highest BCUT2D eigenvalue weighted by molar-refractivity contribution is 6.23. The SMILES string of the molecule is COC(=O)C1=C(C)N(c2ccc(F)cc2)C(=O)/C1=C/c1cc(C)n(-c2ccc(OC)cc2)c1C. The second-order valence-electron chi connectivity index (χ2n) is 7.99. The Labute approximate surface area is 197 Å². The molecule has 0 N–H and O–H groups in total. The van der Waals surface area contributed by atoms with Crippen molar-refractivity contribution in [1.29, 1.82) is 0 Å². The van der Waals surface area contributed by atoms with E-state index in [1.165, 1.54) is 36.3 Å². The molecule has 2 aromatic carbocycles. The zero-order valence-electron chi connectivity index (χ0n) is 19.7. The van der Waals surface area contributed by atoms with Crippen molar-refractivity contribution in [3.8, 4) is 11.4 Å². The van der Waals surface area contributed by atoms with E-state index >= 15 is 0 Å². The van der Waals surface area contributed by atoms with Gasteiger partial charge in [0, 0.05) is 28.5 Å². The van der Waals surface area contributed by atoms with E-state index in [0.29, 0.717) is 11.4 Å². The van der Waals surface area contributed by atoms with Crippen molar-refractivity contribution in [2.24, 2.45) is 0 Å². The molecule has 0 bridgehead atoms. The van der Waals surface area contributed by atoms with Crippen LogP contribution in [0.15, 0.2) is 71.4 Å². The Morgan fingerprint density at radius 3 is 2.15 bits per heavy atom. The molecule has 34 heavy (non-hydrogen) atoms. The van der Waals surface area contributed by atoms with Crippen molar-refractivity contribution in [1.82, 2.24) is 4.57 Å². The summed E-state index contributed by atoms with van der Waals surface area (Å²) in [6, 6.07) is 15.2. The summed E-state index contributed by atoms with van der Waals surface area (Å²) in [6.07, 6.45) is 1.71. The van der Waals surface area contributed by atoms with Crippen LogP contribution in [-0.4, -0.2) is 30.7 Å². The second-order valence-corrected chi connectivity index (χ2v) is 7.99. The van der Waals surface area contributed by atoms with Crippen LogP contribution in [0.5, 0.6) is 5.75 Å². The Balaban J connectivity index is 1.82. The van der Waals surface area contributed by atoms with Crippen molar-refractivity contribution >= 4 is 23.6 Å². The zero-order valence-corrected chi connectivity index (χ0v) is 19.7. The van der Waals surface area contributed by atoms with E-state index in [9.17, 15) is 14.0 Å². The maximum absolute atomic E-state index is 13.5. The Morgan fingerprint density at radius 2 is 1.56 bits per heavy atom. The fourth-order valence-corrected chi connectivity index (χ4v) is 4.30. The number of rotatable bonds is 5. The number of aryl methyl sites for hydroxylation is 1. The zero-order chi connectivity index (χ0) is 24.6. The maximum atomic E-state index is 13.5. The van der Waals surface area contributed by atoms with Crippen LogP contribution in [0.25, 0.3) is 11.8 Å². The predicted octanol–water partition coefficient (Wildman–Crippen LogP) is 5.12. The third kappa shape index (κ3) is 3.90. The van der Waals surface area contributed by atoms with Gasteiger partial charge in [0.2, 0.25) is 0 Å². The molecule has 7 heteroatoms. The van der Waals surface area contributed by atoms with Gasteiger partial charge >= 0.3 is 5.97 Å². The predicted molar refractivity (Wildman–Crippen MR) is 128 cm³/mol.